The molecule has 0 aromatic carbocycles. The molecule has 0 fully saturated rings. The van der Waals surface area contributed by atoms with E-state index in [1.165, 1.54) is 4.88 Å². The molecule has 2 atom stereocenters. The van der Waals surface area contributed by atoms with Crippen molar-refractivity contribution in [3.8, 4) is 5.06 Å². The molecule has 0 amide bonds. The van der Waals surface area contributed by atoms with E-state index < -0.39 is 10.8 Å². The van der Waals surface area contributed by atoms with Crippen molar-refractivity contribution >= 4 is 22.1 Å². The molecule has 0 aliphatic heterocycles. The maximum absolute atomic E-state index is 11.0. The Bertz CT molecular complexity index is 325. The Morgan fingerprint density at radius 3 is 2.87 bits per heavy atom. The number of hydrogen-bond donors (Lipinski definition) is 1. The molecular weight excluding hydrogens is 230 g/mol. The molecule has 0 aliphatic carbocycles. The number of ether oxygens (including phenoxy) is 1. The normalized spacial score (nSPS) is 14.9. The largest absolute Gasteiger partial charge is 0.487 e. The molecule has 0 saturated carbocycles. The van der Waals surface area contributed by atoms with E-state index >= 15 is 0 Å². The molecule has 1 aromatic rings. The van der Waals surface area contributed by atoms with Gasteiger partial charge >= 0.3 is 0 Å². The fraction of sp³-hybridized carbons (Fsp3) is 0.600. The van der Waals surface area contributed by atoms with Gasteiger partial charge in [0, 0.05) is 40.3 Å². The zero-order valence-electron chi connectivity index (χ0n) is 9.28. The first kappa shape index (κ1) is 12.7. The number of nitrogens with one attached hydrogen (secondary N) is 1. The van der Waals surface area contributed by atoms with Gasteiger partial charge in [0.15, 0.2) is 5.06 Å². The zero-order valence-corrected chi connectivity index (χ0v) is 10.9. The quantitative estimate of drug-likeness (QED) is 0.830. The fourth-order valence-electron chi connectivity index (χ4n) is 1.25. The summed E-state index contributed by atoms with van der Waals surface area (Å²) in [7, 11) is 0.939. The first-order valence-corrected chi connectivity index (χ1v) is 7.32. The molecule has 0 bridgehead atoms. The van der Waals surface area contributed by atoms with Crippen LogP contribution in [0.5, 0.6) is 5.06 Å². The third-order valence-corrected chi connectivity index (χ3v) is 3.96. The lowest BCUT2D eigenvalue weighted by Crippen LogP contribution is -2.30. The van der Waals surface area contributed by atoms with E-state index in [1.807, 2.05) is 19.1 Å². The van der Waals surface area contributed by atoms with Crippen LogP contribution >= 0.6 is 11.3 Å². The Morgan fingerprint density at radius 2 is 2.33 bits per heavy atom. The highest BCUT2D eigenvalue weighted by molar-refractivity contribution is 7.84. The van der Waals surface area contributed by atoms with Crippen molar-refractivity contribution in [3.05, 3.63) is 17.0 Å². The van der Waals surface area contributed by atoms with Crippen molar-refractivity contribution in [2.45, 2.75) is 19.5 Å². The SMILES string of the molecule is COc1ccc(CNC(C)CS(C)=O)s1. The predicted octanol–water partition coefficient (Wildman–Crippen LogP) is 1.61. The van der Waals surface area contributed by atoms with Gasteiger partial charge in [-0.15, -0.1) is 11.3 Å². The third kappa shape index (κ3) is 4.77. The number of thiophene rings is 1. The van der Waals surface area contributed by atoms with Gasteiger partial charge in [-0.25, -0.2) is 0 Å². The van der Waals surface area contributed by atoms with Crippen LogP contribution in [-0.2, 0) is 17.3 Å². The van der Waals surface area contributed by atoms with Gasteiger partial charge < -0.3 is 10.1 Å². The highest BCUT2D eigenvalue weighted by atomic mass is 32.2. The molecule has 1 aromatic heterocycles. The van der Waals surface area contributed by atoms with Gasteiger partial charge in [-0.1, -0.05) is 0 Å². The fourth-order valence-corrected chi connectivity index (χ4v) is 2.84. The highest BCUT2D eigenvalue weighted by Crippen LogP contribution is 2.23. The van der Waals surface area contributed by atoms with Crippen LogP contribution in [-0.4, -0.2) is 29.4 Å². The Hall–Kier alpha value is -0.390. The molecule has 86 valence electrons. The highest BCUT2D eigenvalue weighted by Gasteiger charge is 2.05. The van der Waals surface area contributed by atoms with Crippen LogP contribution in [0.4, 0.5) is 0 Å². The van der Waals surface area contributed by atoms with Crippen LogP contribution in [0.25, 0.3) is 0 Å². The minimum atomic E-state index is -0.734. The molecule has 0 radical (unpaired) electrons. The lowest BCUT2D eigenvalue weighted by atomic mass is 10.3. The molecular formula is C10H17NO2S2. The van der Waals surface area contributed by atoms with E-state index in [-0.39, 0.29) is 6.04 Å². The van der Waals surface area contributed by atoms with Crippen LogP contribution in [0.1, 0.15) is 11.8 Å². The van der Waals surface area contributed by atoms with E-state index in [0.29, 0.717) is 5.75 Å². The molecule has 1 heterocycles. The summed E-state index contributed by atoms with van der Waals surface area (Å²) < 4.78 is 16.1. The molecule has 3 nitrogen and oxygen atoms in total. The second-order valence-electron chi connectivity index (χ2n) is 3.45. The first-order chi connectivity index (χ1) is 7.11. The summed E-state index contributed by atoms with van der Waals surface area (Å²) in [4.78, 5) is 1.24. The smallest absolute Gasteiger partial charge is 0.173 e. The molecule has 15 heavy (non-hydrogen) atoms. The lowest BCUT2D eigenvalue weighted by molar-refractivity contribution is 0.427. The van der Waals surface area contributed by atoms with Gasteiger partial charge in [-0.3, -0.25) is 4.21 Å². The molecule has 0 saturated heterocycles. The summed E-state index contributed by atoms with van der Waals surface area (Å²) in [5.74, 6) is 0.697. The maximum Gasteiger partial charge on any atom is 0.173 e. The summed E-state index contributed by atoms with van der Waals surface area (Å²) in [5.41, 5.74) is 0. The maximum atomic E-state index is 11.0. The van der Waals surface area contributed by atoms with Crippen LogP contribution in [0, 0.1) is 0 Å². The van der Waals surface area contributed by atoms with Crippen LogP contribution in [0.3, 0.4) is 0 Å². The van der Waals surface area contributed by atoms with Gasteiger partial charge in [-0.05, 0) is 19.1 Å². The summed E-state index contributed by atoms with van der Waals surface area (Å²) in [6, 6.07) is 4.29. The standard InChI is InChI=1S/C10H17NO2S2/c1-8(7-15(3)12)11-6-9-4-5-10(13-2)14-9/h4-5,8,11H,6-7H2,1-3H3. The summed E-state index contributed by atoms with van der Waals surface area (Å²) in [6.45, 7) is 2.86. The number of methoxy groups -OCH3 is 1. The lowest BCUT2D eigenvalue weighted by Gasteiger charge is -2.10. The Labute approximate surface area is 97.3 Å². The van der Waals surface area contributed by atoms with Gasteiger partial charge in [-0.2, -0.15) is 0 Å². The molecule has 0 aliphatic rings. The molecule has 2 unspecified atom stereocenters. The van der Waals surface area contributed by atoms with Crippen LogP contribution in [0.2, 0.25) is 0 Å². The van der Waals surface area contributed by atoms with Crippen LogP contribution < -0.4 is 10.1 Å². The van der Waals surface area contributed by atoms with Crippen LogP contribution in [0.15, 0.2) is 12.1 Å². The van der Waals surface area contributed by atoms with Gasteiger partial charge in [0.2, 0.25) is 0 Å². The van der Waals surface area contributed by atoms with Crippen molar-refractivity contribution in [2.75, 3.05) is 19.1 Å². The average molecular weight is 247 g/mol. The van der Waals surface area contributed by atoms with Crippen molar-refractivity contribution < 1.29 is 8.95 Å². The van der Waals surface area contributed by atoms with Crippen molar-refractivity contribution in [1.29, 1.82) is 0 Å². The van der Waals surface area contributed by atoms with Crippen molar-refractivity contribution in [3.63, 3.8) is 0 Å². The topological polar surface area (TPSA) is 38.3 Å². The second-order valence-corrected chi connectivity index (χ2v) is 6.06. The summed E-state index contributed by atoms with van der Waals surface area (Å²) >= 11 is 1.63. The predicted molar refractivity (Wildman–Crippen MR) is 66.1 cm³/mol. The first-order valence-electron chi connectivity index (χ1n) is 4.78. The van der Waals surface area contributed by atoms with E-state index in [1.54, 1.807) is 24.7 Å². The molecule has 1 rings (SSSR count). The summed E-state index contributed by atoms with van der Waals surface area (Å²) in [6.07, 6.45) is 1.73. The zero-order chi connectivity index (χ0) is 11.3. The number of hydrogen-bond acceptors (Lipinski definition) is 4. The number of rotatable bonds is 6. The molecule has 5 heteroatoms. The minimum absolute atomic E-state index is 0.281. The van der Waals surface area contributed by atoms with E-state index in [2.05, 4.69) is 5.32 Å². The minimum Gasteiger partial charge on any atom is -0.487 e. The van der Waals surface area contributed by atoms with E-state index in [0.717, 1.165) is 11.6 Å². The van der Waals surface area contributed by atoms with Crippen molar-refractivity contribution in [1.82, 2.24) is 5.32 Å². The Morgan fingerprint density at radius 1 is 1.60 bits per heavy atom. The average Bonchev–Trinajstić information content (AvgIpc) is 2.61. The Kier molecular flexibility index (Phi) is 5.28. The van der Waals surface area contributed by atoms with Gasteiger partial charge in [0.1, 0.15) is 0 Å². The van der Waals surface area contributed by atoms with Crippen molar-refractivity contribution in [2.24, 2.45) is 0 Å². The van der Waals surface area contributed by atoms with Gasteiger partial charge in [0.05, 0.1) is 7.11 Å². The second kappa shape index (κ2) is 6.25. The van der Waals surface area contributed by atoms with Gasteiger partial charge in [0.25, 0.3) is 0 Å². The third-order valence-electron chi connectivity index (χ3n) is 1.95. The van der Waals surface area contributed by atoms with E-state index in [9.17, 15) is 4.21 Å². The van der Waals surface area contributed by atoms with E-state index in [4.69, 9.17) is 4.74 Å². The molecule has 1 N–H and O–H groups in total. The molecule has 0 spiro atoms. The Balaban J connectivity index is 2.33. The monoisotopic (exact) mass is 247 g/mol. The summed E-state index contributed by atoms with van der Waals surface area (Å²) in [5, 5.41) is 4.26.